The van der Waals surface area contributed by atoms with E-state index in [0.717, 1.165) is 29.2 Å². The summed E-state index contributed by atoms with van der Waals surface area (Å²) in [5, 5.41) is 5.19. The molecule has 1 aromatic heterocycles. The number of aromatic nitrogens is 1. The minimum Gasteiger partial charge on any atom is -0.311 e. The first-order valence-electron chi connectivity index (χ1n) is 24.1. The van der Waals surface area contributed by atoms with Gasteiger partial charge < -0.3 is 9.47 Å². The Morgan fingerprint density at radius 3 is 1.76 bits per heavy atom. The van der Waals surface area contributed by atoms with Gasteiger partial charge in [-0.25, -0.2) is 0 Å². The van der Waals surface area contributed by atoms with Crippen LogP contribution in [0.15, 0.2) is 224 Å². The second-order valence-corrected chi connectivity index (χ2v) is 19.4. The van der Waals surface area contributed by atoms with Gasteiger partial charge >= 0.3 is 0 Å². The van der Waals surface area contributed by atoms with E-state index in [0.29, 0.717) is 5.92 Å². The average molecular weight is 871 g/mol. The topological polar surface area (TPSA) is 8.17 Å². The molecular formula is C66H50N2. The standard InChI is InChI=1S/C66H50N2/c1-43-23-24-47-31-39-56-53(17-11-19-55(56)60(47)41-43)45-27-35-51(36-28-45)67(52-37-29-46(30-38-52)54-18-12-21-62-65(54)59-16-7-9-20-61(59)66(62,2)3)50-33-25-44(26-34-50)48-32-40-58-57-15-8-10-22-63(57)68(64(58)42-48)49-13-5-4-6-14-49/h4-40,42-43H,41H2,1-3H3. The van der Waals surface area contributed by atoms with Crippen LogP contribution in [0.5, 0.6) is 0 Å². The SMILES string of the molecule is CC1C=Cc2ccc3c(-c4ccc(N(c5ccc(-c6ccc7c8ccccc8n(-c8ccccc8)c7c6)cc5)c5ccc(-c6cccc7c6-c6ccccc6C7(C)C)cc5)cc4)cccc3c2C1. The van der Waals surface area contributed by atoms with E-state index >= 15 is 0 Å². The summed E-state index contributed by atoms with van der Waals surface area (Å²) >= 11 is 0. The molecule has 2 aliphatic carbocycles. The zero-order valence-corrected chi connectivity index (χ0v) is 38.6. The van der Waals surface area contributed by atoms with Crippen LogP contribution in [0.3, 0.4) is 0 Å². The first-order chi connectivity index (χ1) is 33.4. The molecule has 0 spiro atoms. The van der Waals surface area contributed by atoms with E-state index in [1.807, 2.05) is 0 Å². The number of benzene rings is 10. The molecule has 0 fully saturated rings. The lowest BCUT2D eigenvalue weighted by Gasteiger charge is -2.26. The summed E-state index contributed by atoms with van der Waals surface area (Å²) in [4.78, 5) is 2.40. The molecule has 0 saturated carbocycles. The molecule has 68 heavy (non-hydrogen) atoms. The summed E-state index contributed by atoms with van der Waals surface area (Å²) < 4.78 is 2.39. The summed E-state index contributed by atoms with van der Waals surface area (Å²) in [6, 6.07) is 81.0. The van der Waals surface area contributed by atoms with Crippen molar-refractivity contribution in [2.45, 2.75) is 32.6 Å². The number of rotatable bonds is 7. The number of para-hydroxylation sites is 2. The van der Waals surface area contributed by atoms with E-state index < -0.39 is 0 Å². The fourth-order valence-corrected chi connectivity index (χ4v) is 11.6. The van der Waals surface area contributed by atoms with Gasteiger partial charge in [-0.15, -0.1) is 0 Å². The number of hydrogen-bond acceptors (Lipinski definition) is 1. The zero-order chi connectivity index (χ0) is 45.5. The molecule has 0 N–H and O–H groups in total. The van der Waals surface area contributed by atoms with E-state index in [9.17, 15) is 0 Å². The largest absolute Gasteiger partial charge is 0.311 e. The predicted molar refractivity (Wildman–Crippen MR) is 289 cm³/mol. The van der Waals surface area contributed by atoms with Gasteiger partial charge in [-0.05, 0) is 151 Å². The summed E-state index contributed by atoms with van der Waals surface area (Å²) in [6.45, 7) is 7.02. The highest BCUT2D eigenvalue weighted by molar-refractivity contribution is 6.10. The summed E-state index contributed by atoms with van der Waals surface area (Å²) in [6.07, 6.45) is 5.71. The molecule has 2 heteroatoms. The summed E-state index contributed by atoms with van der Waals surface area (Å²) in [7, 11) is 0. The maximum Gasteiger partial charge on any atom is 0.0547 e. The molecule has 324 valence electrons. The van der Waals surface area contributed by atoms with E-state index in [-0.39, 0.29) is 5.41 Å². The minimum atomic E-state index is -0.0512. The van der Waals surface area contributed by atoms with E-state index in [1.165, 1.54) is 99.3 Å². The number of allylic oxidation sites excluding steroid dienone is 1. The monoisotopic (exact) mass is 870 g/mol. The number of nitrogens with zero attached hydrogens (tertiary/aromatic N) is 2. The molecule has 1 atom stereocenters. The van der Waals surface area contributed by atoms with Crippen LogP contribution in [0, 0.1) is 5.92 Å². The van der Waals surface area contributed by atoms with Crippen molar-refractivity contribution < 1.29 is 0 Å². The van der Waals surface area contributed by atoms with Crippen molar-refractivity contribution in [2.75, 3.05) is 4.90 Å². The lowest BCUT2D eigenvalue weighted by Crippen LogP contribution is -2.14. The lowest BCUT2D eigenvalue weighted by atomic mass is 9.82. The van der Waals surface area contributed by atoms with E-state index in [4.69, 9.17) is 0 Å². The molecule has 0 saturated heterocycles. The molecule has 0 bridgehead atoms. The molecular weight excluding hydrogens is 821 g/mol. The van der Waals surface area contributed by atoms with Crippen molar-refractivity contribution >= 4 is 55.7 Å². The van der Waals surface area contributed by atoms with Gasteiger partial charge in [-0.3, -0.25) is 0 Å². The zero-order valence-electron chi connectivity index (χ0n) is 38.6. The van der Waals surface area contributed by atoms with Gasteiger partial charge in [0, 0.05) is 38.9 Å². The first-order valence-corrected chi connectivity index (χ1v) is 24.1. The number of anilines is 3. The van der Waals surface area contributed by atoms with Gasteiger partial charge in [0.25, 0.3) is 0 Å². The van der Waals surface area contributed by atoms with Gasteiger partial charge in [-0.2, -0.15) is 0 Å². The number of hydrogen-bond donors (Lipinski definition) is 0. The predicted octanol–water partition coefficient (Wildman–Crippen LogP) is 17.9. The molecule has 10 aromatic carbocycles. The molecule has 0 aliphatic heterocycles. The maximum atomic E-state index is 2.40. The molecule has 0 amide bonds. The van der Waals surface area contributed by atoms with Crippen LogP contribution < -0.4 is 4.90 Å². The Labute approximate surface area is 398 Å². The van der Waals surface area contributed by atoms with Crippen LogP contribution in [0.4, 0.5) is 17.1 Å². The third-order valence-corrected chi connectivity index (χ3v) is 15.0. The Kier molecular flexibility index (Phi) is 9.27. The van der Waals surface area contributed by atoms with Crippen molar-refractivity contribution in [3.8, 4) is 50.2 Å². The fraction of sp³-hybridized carbons (Fsp3) is 0.0909. The van der Waals surface area contributed by atoms with Crippen LogP contribution in [0.25, 0.3) is 88.8 Å². The highest BCUT2D eigenvalue weighted by Gasteiger charge is 2.36. The van der Waals surface area contributed by atoms with Gasteiger partial charge in [0.15, 0.2) is 0 Å². The summed E-state index contributed by atoms with van der Waals surface area (Å²) in [5.74, 6) is 0.541. The normalized spacial score (nSPS) is 14.5. The van der Waals surface area contributed by atoms with Gasteiger partial charge in [-0.1, -0.05) is 191 Å². The lowest BCUT2D eigenvalue weighted by molar-refractivity contribution is 0.660. The number of fused-ring (bicyclic) bond motifs is 9. The van der Waals surface area contributed by atoms with Crippen molar-refractivity contribution in [1.82, 2.24) is 4.57 Å². The van der Waals surface area contributed by atoms with Crippen LogP contribution >= 0.6 is 0 Å². The third-order valence-electron chi connectivity index (χ3n) is 15.0. The molecule has 1 heterocycles. The van der Waals surface area contributed by atoms with E-state index in [1.54, 1.807) is 0 Å². The van der Waals surface area contributed by atoms with Crippen LogP contribution in [0.2, 0.25) is 0 Å². The highest BCUT2D eigenvalue weighted by Crippen LogP contribution is 2.52. The van der Waals surface area contributed by atoms with Crippen molar-refractivity contribution in [3.05, 3.63) is 247 Å². The van der Waals surface area contributed by atoms with Crippen molar-refractivity contribution in [3.63, 3.8) is 0 Å². The van der Waals surface area contributed by atoms with Crippen molar-refractivity contribution in [2.24, 2.45) is 5.92 Å². The van der Waals surface area contributed by atoms with Gasteiger partial charge in [0.1, 0.15) is 0 Å². The molecule has 13 rings (SSSR count). The van der Waals surface area contributed by atoms with Gasteiger partial charge in [0.2, 0.25) is 0 Å². The molecule has 2 aliphatic rings. The maximum absolute atomic E-state index is 2.40. The second kappa shape index (κ2) is 15.7. The quantitative estimate of drug-likeness (QED) is 0.155. The Balaban J connectivity index is 0.903. The third kappa shape index (κ3) is 6.39. The molecule has 11 aromatic rings. The van der Waals surface area contributed by atoms with E-state index in [2.05, 4.69) is 261 Å². The average Bonchev–Trinajstić information content (AvgIpc) is 3.85. The Morgan fingerprint density at radius 1 is 0.441 bits per heavy atom. The van der Waals surface area contributed by atoms with Crippen molar-refractivity contribution in [1.29, 1.82) is 0 Å². The molecule has 2 nitrogen and oxygen atoms in total. The smallest absolute Gasteiger partial charge is 0.0547 e. The first kappa shape index (κ1) is 40.1. The van der Waals surface area contributed by atoms with Crippen LogP contribution in [-0.4, -0.2) is 4.57 Å². The minimum absolute atomic E-state index is 0.0512. The highest BCUT2D eigenvalue weighted by atomic mass is 15.1. The Morgan fingerprint density at radius 2 is 1.00 bits per heavy atom. The fourth-order valence-electron chi connectivity index (χ4n) is 11.6. The Hall–Kier alpha value is -8.20. The Bertz CT molecular complexity index is 3780. The van der Waals surface area contributed by atoms with Gasteiger partial charge in [0.05, 0.1) is 11.0 Å². The van der Waals surface area contributed by atoms with Crippen LogP contribution in [0.1, 0.15) is 43.0 Å². The summed E-state index contributed by atoms with van der Waals surface area (Å²) in [5.41, 5.74) is 22.5. The molecule has 1 unspecified atom stereocenters. The second-order valence-electron chi connectivity index (χ2n) is 19.4. The van der Waals surface area contributed by atoms with Crippen LogP contribution in [-0.2, 0) is 11.8 Å². The molecule has 0 radical (unpaired) electrons.